The Kier molecular flexibility index (Phi) is 5.08. The fourth-order valence-electron chi connectivity index (χ4n) is 2.79. The van der Waals surface area contributed by atoms with Crippen molar-refractivity contribution in [3.8, 4) is 5.75 Å². The SMILES string of the molecule is C=C1C[C@](O)(C(F)(F)F)N(C(=O)c2ccc(OCc3ccc(C)cc3)cc2)N1. The molecule has 148 valence electrons. The van der Waals surface area contributed by atoms with E-state index in [1.807, 2.05) is 31.2 Å². The van der Waals surface area contributed by atoms with Gasteiger partial charge in [-0.1, -0.05) is 36.4 Å². The van der Waals surface area contributed by atoms with Gasteiger partial charge in [-0.15, -0.1) is 0 Å². The summed E-state index contributed by atoms with van der Waals surface area (Å²) in [6, 6.07) is 13.4. The molecule has 0 aliphatic carbocycles. The van der Waals surface area contributed by atoms with Crippen molar-refractivity contribution in [2.45, 2.75) is 31.9 Å². The smallest absolute Gasteiger partial charge is 0.438 e. The van der Waals surface area contributed by atoms with Crippen LogP contribution in [0.4, 0.5) is 13.2 Å². The van der Waals surface area contributed by atoms with E-state index in [2.05, 4.69) is 12.0 Å². The van der Waals surface area contributed by atoms with Gasteiger partial charge < -0.3 is 9.84 Å². The number of amides is 1. The van der Waals surface area contributed by atoms with Crippen LogP contribution in [0.3, 0.4) is 0 Å². The topological polar surface area (TPSA) is 61.8 Å². The fourth-order valence-corrected chi connectivity index (χ4v) is 2.79. The number of aryl methyl sites for hydroxylation is 1. The summed E-state index contributed by atoms with van der Waals surface area (Å²) in [6.07, 6.45) is -5.87. The van der Waals surface area contributed by atoms with Crippen LogP contribution < -0.4 is 10.2 Å². The lowest BCUT2D eigenvalue weighted by Crippen LogP contribution is -2.59. The molecule has 2 aromatic rings. The number of benzene rings is 2. The molecule has 0 bridgehead atoms. The van der Waals surface area contributed by atoms with Crippen molar-refractivity contribution in [2.24, 2.45) is 0 Å². The van der Waals surface area contributed by atoms with E-state index in [4.69, 9.17) is 4.74 Å². The summed E-state index contributed by atoms with van der Waals surface area (Å²) >= 11 is 0. The molecule has 1 heterocycles. The first-order valence-electron chi connectivity index (χ1n) is 8.47. The lowest BCUT2D eigenvalue weighted by atomic mass is 10.1. The number of rotatable bonds is 4. The first kappa shape index (κ1) is 19.8. The van der Waals surface area contributed by atoms with Crippen molar-refractivity contribution in [3.63, 3.8) is 0 Å². The van der Waals surface area contributed by atoms with Gasteiger partial charge in [-0.05, 0) is 36.8 Å². The van der Waals surface area contributed by atoms with E-state index in [0.717, 1.165) is 11.1 Å². The Bertz CT molecular complexity index is 879. The van der Waals surface area contributed by atoms with Crippen molar-refractivity contribution < 1.29 is 27.8 Å². The van der Waals surface area contributed by atoms with Gasteiger partial charge in [0.15, 0.2) is 0 Å². The summed E-state index contributed by atoms with van der Waals surface area (Å²) in [5, 5.41) is 10.2. The van der Waals surface area contributed by atoms with Crippen LogP contribution in [-0.2, 0) is 6.61 Å². The highest BCUT2D eigenvalue weighted by Crippen LogP contribution is 2.41. The molecule has 0 spiro atoms. The molecule has 0 radical (unpaired) electrons. The summed E-state index contributed by atoms with van der Waals surface area (Å²) in [4.78, 5) is 12.5. The maximum Gasteiger partial charge on any atom is 0.438 e. The summed E-state index contributed by atoms with van der Waals surface area (Å²) in [5.74, 6) is -0.564. The van der Waals surface area contributed by atoms with Crippen LogP contribution in [0.5, 0.6) is 5.75 Å². The minimum absolute atomic E-state index is 0.0347. The molecule has 1 fully saturated rings. The van der Waals surface area contributed by atoms with E-state index in [1.54, 1.807) is 0 Å². The molecule has 5 nitrogen and oxygen atoms in total. The van der Waals surface area contributed by atoms with Crippen LogP contribution in [0.2, 0.25) is 0 Å². The number of hydrogen-bond acceptors (Lipinski definition) is 4. The zero-order valence-corrected chi connectivity index (χ0v) is 15.1. The van der Waals surface area contributed by atoms with Crippen LogP contribution in [-0.4, -0.2) is 27.9 Å². The van der Waals surface area contributed by atoms with Crippen molar-refractivity contribution in [3.05, 3.63) is 77.5 Å². The van der Waals surface area contributed by atoms with E-state index in [1.165, 1.54) is 24.3 Å². The van der Waals surface area contributed by atoms with E-state index >= 15 is 0 Å². The number of alkyl halides is 3. The van der Waals surface area contributed by atoms with Crippen molar-refractivity contribution in [1.29, 1.82) is 0 Å². The van der Waals surface area contributed by atoms with Crippen LogP contribution in [0.15, 0.2) is 60.8 Å². The predicted molar refractivity (Wildman–Crippen MR) is 96.0 cm³/mol. The Morgan fingerprint density at radius 2 is 1.82 bits per heavy atom. The van der Waals surface area contributed by atoms with Gasteiger partial charge in [0, 0.05) is 17.7 Å². The Balaban J connectivity index is 1.71. The lowest BCUT2D eigenvalue weighted by Gasteiger charge is -2.33. The molecule has 28 heavy (non-hydrogen) atoms. The van der Waals surface area contributed by atoms with E-state index in [-0.39, 0.29) is 16.3 Å². The molecule has 2 N–H and O–H groups in total. The van der Waals surface area contributed by atoms with Crippen molar-refractivity contribution >= 4 is 5.91 Å². The van der Waals surface area contributed by atoms with Crippen LogP contribution in [0.25, 0.3) is 0 Å². The number of hydrogen-bond donors (Lipinski definition) is 2. The number of ether oxygens (including phenoxy) is 1. The van der Waals surface area contributed by atoms with Gasteiger partial charge in [0.05, 0.1) is 0 Å². The summed E-state index contributed by atoms with van der Waals surface area (Å²) in [7, 11) is 0. The minimum Gasteiger partial charge on any atom is -0.489 e. The highest BCUT2D eigenvalue weighted by Gasteiger charge is 2.63. The molecular formula is C20H19F3N2O3. The van der Waals surface area contributed by atoms with Crippen LogP contribution in [0, 0.1) is 6.92 Å². The molecule has 0 unspecified atom stereocenters. The molecule has 1 aliphatic heterocycles. The third-order valence-corrected chi connectivity index (χ3v) is 4.38. The molecule has 1 amide bonds. The number of nitrogens with one attached hydrogen (secondary N) is 1. The van der Waals surface area contributed by atoms with Gasteiger partial charge in [0.1, 0.15) is 12.4 Å². The zero-order valence-electron chi connectivity index (χ0n) is 15.1. The number of hydrazine groups is 1. The Morgan fingerprint density at radius 3 is 2.39 bits per heavy atom. The van der Waals surface area contributed by atoms with Crippen molar-refractivity contribution in [2.75, 3.05) is 0 Å². The molecular weight excluding hydrogens is 373 g/mol. The number of aliphatic hydroxyl groups is 1. The van der Waals surface area contributed by atoms with Gasteiger partial charge >= 0.3 is 6.18 Å². The summed E-state index contributed by atoms with van der Waals surface area (Å²) in [6.45, 7) is 5.67. The van der Waals surface area contributed by atoms with Gasteiger partial charge in [0.25, 0.3) is 11.6 Å². The average Bonchev–Trinajstić information content (AvgIpc) is 2.97. The van der Waals surface area contributed by atoms with E-state index < -0.39 is 24.2 Å². The highest BCUT2D eigenvalue weighted by molar-refractivity contribution is 5.94. The molecule has 2 aromatic carbocycles. The monoisotopic (exact) mass is 392 g/mol. The van der Waals surface area contributed by atoms with Gasteiger partial charge in [-0.25, -0.2) is 5.01 Å². The second-order valence-corrected chi connectivity index (χ2v) is 6.65. The molecule has 8 heteroatoms. The van der Waals surface area contributed by atoms with Gasteiger partial charge in [-0.2, -0.15) is 13.2 Å². The third-order valence-electron chi connectivity index (χ3n) is 4.38. The maximum absolute atomic E-state index is 13.3. The number of nitrogens with zero attached hydrogens (tertiary/aromatic N) is 1. The second-order valence-electron chi connectivity index (χ2n) is 6.65. The van der Waals surface area contributed by atoms with E-state index in [0.29, 0.717) is 12.4 Å². The molecule has 1 saturated heterocycles. The molecule has 1 atom stereocenters. The lowest BCUT2D eigenvalue weighted by molar-refractivity contribution is -0.299. The van der Waals surface area contributed by atoms with Gasteiger partial charge in [0.2, 0.25) is 0 Å². The predicted octanol–water partition coefficient (Wildman–Crippen LogP) is 3.69. The Morgan fingerprint density at radius 1 is 1.21 bits per heavy atom. The zero-order chi connectivity index (χ0) is 20.5. The average molecular weight is 392 g/mol. The molecule has 1 aliphatic rings. The maximum atomic E-state index is 13.3. The fraction of sp³-hybridized carbons (Fsp3) is 0.250. The first-order chi connectivity index (χ1) is 13.1. The Hall–Kier alpha value is -3.00. The first-order valence-corrected chi connectivity index (χ1v) is 8.47. The van der Waals surface area contributed by atoms with Crippen LogP contribution in [0.1, 0.15) is 27.9 Å². The highest BCUT2D eigenvalue weighted by atomic mass is 19.4. The standard InChI is InChI=1S/C20H19F3N2O3/c1-13-3-5-15(6-4-13)12-28-17-9-7-16(8-10-17)18(26)25-19(27,20(21,22)23)11-14(2)24-25/h3-10,24,27H,2,11-12H2,1H3/t19-/m0/s1. The minimum atomic E-state index is -5.04. The van der Waals surface area contributed by atoms with Crippen LogP contribution >= 0.6 is 0 Å². The van der Waals surface area contributed by atoms with Crippen molar-refractivity contribution in [1.82, 2.24) is 10.4 Å². The van der Waals surface area contributed by atoms with Gasteiger partial charge in [-0.3, -0.25) is 10.2 Å². The second kappa shape index (κ2) is 7.20. The normalized spacial score (nSPS) is 19.5. The number of halogens is 3. The van der Waals surface area contributed by atoms with E-state index in [9.17, 15) is 23.1 Å². The summed E-state index contributed by atoms with van der Waals surface area (Å²) in [5.41, 5.74) is 0.805. The third kappa shape index (κ3) is 3.82. The number of carbonyl (C=O) groups excluding carboxylic acids is 1. The molecule has 0 saturated carbocycles. The Labute approximate surface area is 160 Å². The molecule has 0 aromatic heterocycles. The summed E-state index contributed by atoms with van der Waals surface area (Å²) < 4.78 is 45.4. The largest absolute Gasteiger partial charge is 0.489 e. The number of carbonyl (C=O) groups is 1. The molecule has 3 rings (SSSR count). The quantitative estimate of drug-likeness (QED) is 0.833.